The van der Waals surface area contributed by atoms with Crippen molar-refractivity contribution in [2.24, 2.45) is 5.10 Å². The fourth-order valence-corrected chi connectivity index (χ4v) is 2.83. The molecular formula is C20H27N3O. The smallest absolute Gasteiger partial charge is 0.185 e. The molecule has 0 atom stereocenters. The molecule has 0 aromatic heterocycles. The van der Waals surface area contributed by atoms with E-state index in [1.807, 2.05) is 26.2 Å². The van der Waals surface area contributed by atoms with Gasteiger partial charge in [0.25, 0.3) is 0 Å². The second kappa shape index (κ2) is 8.48. The Balaban J connectivity index is 2.10. The number of anilines is 1. The van der Waals surface area contributed by atoms with E-state index in [9.17, 15) is 4.79 Å². The van der Waals surface area contributed by atoms with Crippen LogP contribution in [0.4, 0.5) is 5.69 Å². The van der Waals surface area contributed by atoms with Crippen LogP contribution >= 0.6 is 0 Å². The molecule has 1 aromatic rings. The van der Waals surface area contributed by atoms with Crippen molar-refractivity contribution in [2.45, 2.75) is 26.7 Å². The van der Waals surface area contributed by atoms with Gasteiger partial charge in [-0.15, -0.1) is 0 Å². The van der Waals surface area contributed by atoms with Gasteiger partial charge in [-0.05, 0) is 56.5 Å². The molecule has 0 unspecified atom stereocenters. The third kappa shape index (κ3) is 4.57. The molecule has 1 aromatic carbocycles. The van der Waals surface area contributed by atoms with E-state index < -0.39 is 0 Å². The monoisotopic (exact) mass is 325 g/mol. The third-order valence-electron chi connectivity index (χ3n) is 4.18. The average molecular weight is 325 g/mol. The van der Waals surface area contributed by atoms with Crippen molar-refractivity contribution in [1.29, 1.82) is 0 Å². The summed E-state index contributed by atoms with van der Waals surface area (Å²) in [5.74, 6) is 0.146. The first-order chi connectivity index (χ1) is 11.5. The molecule has 24 heavy (non-hydrogen) atoms. The first-order valence-corrected chi connectivity index (χ1v) is 8.55. The van der Waals surface area contributed by atoms with Crippen molar-refractivity contribution < 1.29 is 4.79 Å². The number of hydrazone groups is 1. The van der Waals surface area contributed by atoms with Crippen LogP contribution in [0.2, 0.25) is 0 Å². The minimum absolute atomic E-state index is 0.146. The lowest BCUT2D eigenvalue weighted by Gasteiger charge is -2.20. The molecule has 0 aliphatic heterocycles. The summed E-state index contributed by atoms with van der Waals surface area (Å²) in [5, 5.41) is 5.84. The summed E-state index contributed by atoms with van der Waals surface area (Å²) in [7, 11) is 3.72. The number of hydrogen-bond acceptors (Lipinski definition) is 4. The maximum Gasteiger partial charge on any atom is 0.185 e. The van der Waals surface area contributed by atoms with E-state index in [0.29, 0.717) is 0 Å². The Morgan fingerprint density at radius 1 is 1.04 bits per heavy atom. The van der Waals surface area contributed by atoms with Crippen molar-refractivity contribution in [1.82, 2.24) is 5.01 Å². The molecule has 1 aliphatic rings. The van der Waals surface area contributed by atoms with E-state index in [0.717, 1.165) is 42.6 Å². The van der Waals surface area contributed by atoms with Crippen molar-refractivity contribution >= 4 is 23.8 Å². The van der Waals surface area contributed by atoms with E-state index in [-0.39, 0.29) is 5.78 Å². The number of Topliss-reactive ketones (excluding diaryl/α,β-unsaturated/α-hetero) is 1. The van der Waals surface area contributed by atoms with Gasteiger partial charge in [0.15, 0.2) is 5.78 Å². The summed E-state index contributed by atoms with van der Waals surface area (Å²) in [6.07, 6.45) is 7.12. The largest absolute Gasteiger partial charge is 0.372 e. The standard InChI is InChI=1S/C20H27N3O/c1-5-23(6-2)19-11-7-16(8-12-19)15-18-10-9-17(20(18)24)13-14-21-22(3)4/h7-8,11-15H,5-6,9-10H2,1-4H3. The summed E-state index contributed by atoms with van der Waals surface area (Å²) in [6, 6.07) is 8.42. The van der Waals surface area contributed by atoms with E-state index in [2.05, 4.69) is 48.1 Å². The number of rotatable bonds is 6. The summed E-state index contributed by atoms with van der Waals surface area (Å²) in [6.45, 7) is 6.31. The van der Waals surface area contributed by atoms with E-state index in [1.54, 1.807) is 11.2 Å². The quantitative estimate of drug-likeness (QED) is 0.454. The number of carbonyl (C=O) groups is 1. The minimum atomic E-state index is 0.146. The molecule has 1 fully saturated rings. The Kier molecular flexibility index (Phi) is 6.36. The molecule has 1 saturated carbocycles. The number of ketones is 1. The molecule has 0 saturated heterocycles. The van der Waals surface area contributed by atoms with Crippen molar-refractivity contribution in [2.75, 3.05) is 32.1 Å². The Bertz CT molecular complexity index is 650. The molecule has 0 bridgehead atoms. The molecule has 0 heterocycles. The molecule has 4 heteroatoms. The van der Waals surface area contributed by atoms with Crippen LogP contribution < -0.4 is 4.90 Å². The average Bonchev–Trinajstić information content (AvgIpc) is 2.90. The fourth-order valence-electron chi connectivity index (χ4n) is 2.83. The molecule has 0 amide bonds. The summed E-state index contributed by atoms with van der Waals surface area (Å²) < 4.78 is 0. The minimum Gasteiger partial charge on any atom is -0.372 e. The molecule has 128 valence electrons. The zero-order chi connectivity index (χ0) is 17.5. The lowest BCUT2D eigenvalue weighted by Crippen LogP contribution is -2.21. The van der Waals surface area contributed by atoms with Gasteiger partial charge in [-0.1, -0.05) is 12.1 Å². The molecule has 4 nitrogen and oxygen atoms in total. The molecular weight excluding hydrogens is 298 g/mol. The van der Waals surface area contributed by atoms with Crippen molar-refractivity contribution in [3.05, 3.63) is 47.1 Å². The highest BCUT2D eigenvalue weighted by atomic mass is 16.1. The van der Waals surface area contributed by atoms with Crippen molar-refractivity contribution in [3.8, 4) is 0 Å². The maximum atomic E-state index is 12.4. The van der Waals surface area contributed by atoms with Gasteiger partial charge in [0.05, 0.1) is 0 Å². The van der Waals surface area contributed by atoms with Crippen molar-refractivity contribution in [3.63, 3.8) is 0 Å². The zero-order valence-corrected chi connectivity index (χ0v) is 15.1. The van der Waals surface area contributed by atoms with Gasteiger partial charge in [-0.2, -0.15) is 5.10 Å². The van der Waals surface area contributed by atoms with Gasteiger partial charge < -0.3 is 9.91 Å². The summed E-state index contributed by atoms with van der Waals surface area (Å²) in [5.41, 5.74) is 4.03. The van der Waals surface area contributed by atoms with Gasteiger partial charge in [0.1, 0.15) is 0 Å². The molecule has 2 rings (SSSR count). The summed E-state index contributed by atoms with van der Waals surface area (Å²) >= 11 is 0. The van der Waals surface area contributed by atoms with Crippen LogP contribution in [0, 0.1) is 0 Å². The second-order valence-corrected chi connectivity index (χ2v) is 6.07. The summed E-state index contributed by atoms with van der Waals surface area (Å²) in [4.78, 5) is 14.7. The van der Waals surface area contributed by atoms with Crippen LogP contribution in [0.25, 0.3) is 6.08 Å². The SMILES string of the molecule is CCN(CC)c1ccc(C=C2CCC(=CC=NN(C)C)C2=O)cc1. The lowest BCUT2D eigenvalue weighted by atomic mass is 10.1. The van der Waals surface area contributed by atoms with E-state index in [1.165, 1.54) is 5.69 Å². The van der Waals surface area contributed by atoms with E-state index in [4.69, 9.17) is 0 Å². The number of benzene rings is 1. The van der Waals surface area contributed by atoms with Gasteiger partial charge in [0, 0.05) is 50.2 Å². The highest BCUT2D eigenvalue weighted by molar-refractivity contribution is 6.14. The molecule has 0 radical (unpaired) electrons. The predicted octanol–water partition coefficient (Wildman–Crippen LogP) is 3.75. The molecule has 1 aliphatic carbocycles. The van der Waals surface area contributed by atoms with Crippen LogP contribution in [0.3, 0.4) is 0 Å². The Morgan fingerprint density at radius 2 is 1.67 bits per heavy atom. The Labute approximate surface area is 145 Å². The second-order valence-electron chi connectivity index (χ2n) is 6.07. The van der Waals surface area contributed by atoms with Crippen LogP contribution in [-0.2, 0) is 4.79 Å². The lowest BCUT2D eigenvalue weighted by molar-refractivity contribution is -0.111. The number of hydrogen-bond donors (Lipinski definition) is 0. The van der Waals surface area contributed by atoms with Crippen LogP contribution in [0.5, 0.6) is 0 Å². The van der Waals surface area contributed by atoms with Gasteiger partial charge >= 0.3 is 0 Å². The highest BCUT2D eigenvalue weighted by Gasteiger charge is 2.22. The topological polar surface area (TPSA) is 35.9 Å². The first-order valence-electron chi connectivity index (χ1n) is 8.55. The van der Waals surface area contributed by atoms with Gasteiger partial charge in [0.2, 0.25) is 0 Å². The normalized spacial score (nSPS) is 18.1. The van der Waals surface area contributed by atoms with Gasteiger partial charge in [-0.3, -0.25) is 4.79 Å². The number of nitrogens with zero attached hydrogens (tertiary/aromatic N) is 3. The Morgan fingerprint density at radius 3 is 2.25 bits per heavy atom. The fraction of sp³-hybridized carbons (Fsp3) is 0.400. The van der Waals surface area contributed by atoms with Crippen LogP contribution in [-0.4, -0.2) is 44.2 Å². The van der Waals surface area contributed by atoms with Crippen LogP contribution in [0.1, 0.15) is 32.3 Å². The Hall–Kier alpha value is -2.36. The molecule has 0 spiro atoms. The number of allylic oxidation sites excluding steroid dienone is 3. The third-order valence-corrected chi connectivity index (χ3v) is 4.18. The first kappa shape index (κ1) is 18.0. The highest BCUT2D eigenvalue weighted by Crippen LogP contribution is 2.28. The zero-order valence-electron chi connectivity index (χ0n) is 15.1. The van der Waals surface area contributed by atoms with Crippen LogP contribution in [0.15, 0.2) is 46.6 Å². The van der Waals surface area contributed by atoms with Gasteiger partial charge in [-0.25, -0.2) is 0 Å². The van der Waals surface area contributed by atoms with E-state index >= 15 is 0 Å². The maximum absolute atomic E-state index is 12.4. The molecule has 0 N–H and O–H groups in total. The predicted molar refractivity (Wildman–Crippen MR) is 102 cm³/mol. The number of carbonyl (C=O) groups excluding carboxylic acids is 1.